The van der Waals surface area contributed by atoms with Gasteiger partial charge in [-0.3, -0.25) is 10.1 Å². The van der Waals surface area contributed by atoms with Crippen LogP contribution in [0.3, 0.4) is 0 Å². The molecule has 0 aliphatic heterocycles. The van der Waals surface area contributed by atoms with Crippen molar-refractivity contribution in [2.45, 2.75) is 0 Å². The summed E-state index contributed by atoms with van der Waals surface area (Å²) in [6.07, 6.45) is 0. The minimum absolute atomic E-state index is 0.0491. The highest BCUT2D eigenvalue weighted by Gasteiger charge is 2.22. The van der Waals surface area contributed by atoms with E-state index < -0.39 is 22.2 Å². The van der Waals surface area contributed by atoms with Gasteiger partial charge in [-0.05, 0) is 28.1 Å². The molecule has 64 valence electrons. The van der Waals surface area contributed by atoms with Crippen molar-refractivity contribution < 1.29 is 14.4 Å². The Balaban J connectivity index is 3.43. The second-order valence-corrected chi connectivity index (χ2v) is 2.84. The number of rotatable bonds is 1. The van der Waals surface area contributed by atoms with Crippen LogP contribution in [-0.4, -0.2) is 10.0 Å². The lowest BCUT2D eigenvalue weighted by Gasteiger charge is -1.97. The van der Waals surface area contributed by atoms with Gasteiger partial charge in [0.15, 0.2) is 5.75 Å². The number of hydrogen-bond acceptors (Lipinski definition) is 3. The number of nitro benzene ring substituents is 1. The third-order valence-corrected chi connectivity index (χ3v) is 1.84. The molecule has 1 aromatic rings. The maximum absolute atomic E-state index is 12.9. The fourth-order valence-corrected chi connectivity index (χ4v) is 1.02. The summed E-state index contributed by atoms with van der Waals surface area (Å²) in [5.74, 6) is -1.75. The third-order valence-electron chi connectivity index (χ3n) is 1.23. The highest BCUT2D eigenvalue weighted by molar-refractivity contribution is 9.10. The van der Waals surface area contributed by atoms with Crippen LogP contribution in [0.2, 0.25) is 0 Å². The molecular weight excluding hydrogens is 233 g/mol. The first kappa shape index (κ1) is 8.92. The molecule has 0 aliphatic rings. The number of nitrogens with zero attached hydrogens (tertiary/aromatic N) is 1. The van der Waals surface area contributed by atoms with Gasteiger partial charge < -0.3 is 5.11 Å². The van der Waals surface area contributed by atoms with Crippen molar-refractivity contribution in [2.75, 3.05) is 0 Å². The van der Waals surface area contributed by atoms with Crippen molar-refractivity contribution >= 4 is 21.6 Å². The summed E-state index contributed by atoms with van der Waals surface area (Å²) in [6.45, 7) is 0. The van der Waals surface area contributed by atoms with Crippen LogP contribution in [0.25, 0.3) is 0 Å². The summed E-state index contributed by atoms with van der Waals surface area (Å²) < 4.78 is 12.8. The standard InChI is InChI=1S/C6H3BrFNO3/c7-3-1-2-4(10)6(5(3)8)9(11)12/h1-2,10H. The van der Waals surface area contributed by atoms with Crippen LogP contribution in [0.15, 0.2) is 16.6 Å². The van der Waals surface area contributed by atoms with Crippen molar-refractivity contribution in [1.82, 2.24) is 0 Å². The van der Waals surface area contributed by atoms with Crippen LogP contribution < -0.4 is 0 Å². The van der Waals surface area contributed by atoms with Crippen molar-refractivity contribution in [3.8, 4) is 5.75 Å². The predicted octanol–water partition coefficient (Wildman–Crippen LogP) is 2.20. The Kier molecular flexibility index (Phi) is 2.27. The van der Waals surface area contributed by atoms with Gasteiger partial charge in [0.25, 0.3) is 0 Å². The average Bonchev–Trinajstić information content (AvgIpc) is 1.97. The van der Waals surface area contributed by atoms with E-state index in [4.69, 9.17) is 5.11 Å². The van der Waals surface area contributed by atoms with E-state index in [1.807, 2.05) is 0 Å². The number of halogens is 2. The van der Waals surface area contributed by atoms with Gasteiger partial charge in [-0.25, -0.2) is 0 Å². The molecule has 12 heavy (non-hydrogen) atoms. The topological polar surface area (TPSA) is 63.4 Å². The van der Waals surface area contributed by atoms with Gasteiger partial charge in [-0.1, -0.05) is 0 Å². The summed E-state index contributed by atoms with van der Waals surface area (Å²) in [6, 6.07) is 2.24. The Bertz CT molecular complexity index is 342. The molecule has 0 radical (unpaired) electrons. The zero-order chi connectivity index (χ0) is 9.30. The van der Waals surface area contributed by atoms with Crippen molar-refractivity contribution in [2.24, 2.45) is 0 Å². The summed E-state index contributed by atoms with van der Waals surface area (Å²) in [5, 5.41) is 19.1. The van der Waals surface area contributed by atoms with Crippen molar-refractivity contribution in [1.29, 1.82) is 0 Å². The summed E-state index contributed by atoms with van der Waals surface area (Å²) in [5.41, 5.74) is -0.913. The lowest BCUT2D eigenvalue weighted by molar-refractivity contribution is -0.388. The van der Waals surface area contributed by atoms with E-state index in [9.17, 15) is 14.5 Å². The monoisotopic (exact) mass is 235 g/mol. The maximum atomic E-state index is 12.9. The predicted molar refractivity (Wildman–Crippen MR) is 42.4 cm³/mol. The third kappa shape index (κ3) is 1.38. The Morgan fingerprint density at radius 2 is 2.17 bits per heavy atom. The summed E-state index contributed by atoms with van der Waals surface area (Å²) in [4.78, 5) is 9.20. The average molecular weight is 236 g/mol. The largest absolute Gasteiger partial charge is 0.502 e. The van der Waals surface area contributed by atoms with Gasteiger partial charge in [0.05, 0.1) is 9.40 Å². The van der Waals surface area contributed by atoms with Crippen LogP contribution in [0, 0.1) is 15.9 Å². The fourth-order valence-electron chi connectivity index (χ4n) is 0.703. The molecule has 0 unspecified atom stereocenters. The molecule has 6 heteroatoms. The maximum Gasteiger partial charge on any atom is 0.347 e. The molecule has 1 aromatic carbocycles. The number of nitro groups is 1. The zero-order valence-electron chi connectivity index (χ0n) is 5.62. The SMILES string of the molecule is O=[N+]([O-])c1c(O)ccc(Br)c1F. The van der Waals surface area contributed by atoms with E-state index in [0.717, 1.165) is 6.07 Å². The normalized spacial score (nSPS) is 9.83. The molecule has 0 atom stereocenters. The lowest BCUT2D eigenvalue weighted by atomic mass is 10.3. The fraction of sp³-hybridized carbons (Fsp3) is 0. The van der Waals surface area contributed by atoms with E-state index in [1.165, 1.54) is 6.07 Å². The smallest absolute Gasteiger partial charge is 0.347 e. The quantitative estimate of drug-likeness (QED) is 0.600. The van der Waals surface area contributed by atoms with Gasteiger partial charge in [-0.2, -0.15) is 4.39 Å². The Hall–Kier alpha value is -1.17. The Morgan fingerprint density at radius 3 is 2.58 bits per heavy atom. The molecule has 1 N–H and O–H groups in total. The summed E-state index contributed by atoms with van der Waals surface area (Å²) >= 11 is 2.76. The first-order valence-electron chi connectivity index (χ1n) is 2.85. The molecular formula is C6H3BrFNO3. The Labute approximate surface area is 74.9 Å². The Morgan fingerprint density at radius 1 is 1.58 bits per heavy atom. The lowest BCUT2D eigenvalue weighted by Crippen LogP contribution is -1.93. The van der Waals surface area contributed by atoms with E-state index in [1.54, 1.807) is 0 Å². The van der Waals surface area contributed by atoms with Crippen molar-refractivity contribution in [3.05, 3.63) is 32.5 Å². The van der Waals surface area contributed by atoms with Crippen LogP contribution in [0.5, 0.6) is 5.75 Å². The number of aromatic hydroxyl groups is 1. The van der Waals surface area contributed by atoms with Crippen LogP contribution in [0.4, 0.5) is 10.1 Å². The van der Waals surface area contributed by atoms with Crippen LogP contribution in [-0.2, 0) is 0 Å². The summed E-state index contributed by atoms with van der Waals surface area (Å²) in [7, 11) is 0. The van der Waals surface area contributed by atoms with Crippen LogP contribution >= 0.6 is 15.9 Å². The molecule has 0 aliphatic carbocycles. The van der Waals surface area contributed by atoms with Gasteiger partial charge in [0, 0.05) is 0 Å². The number of hydrogen-bond donors (Lipinski definition) is 1. The first-order valence-corrected chi connectivity index (χ1v) is 3.64. The van der Waals surface area contributed by atoms with E-state index in [0.29, 0.717) is 0 Å². The van der Waals surface area contributed by atoms with E-state index >= 15 is 0 Å². The van der Waals surface area contributed by atoms with Gasteiger partial charge in [0.1, 0.15) is 0 Å². The molecule has 1 rings (SSSR count). The molecule has 0 heterocycles. The molecule has 0 bridgehead atoms. The number of benzene rings is 1. The molecule has 0 saturated heterocycles. The minimum Gasteiger partial charge on any atom is -0.502 e. The molecule has 0 amide bonds. The second-order valence-electron chi connectivity index (χ2n) is 1.99. The van der Waals surface area contributed by atoms with Crippen molar-refractivity contribution in [3.63, 3.8) is 0 Å². The van der Waals surface area contributed by atoms with Gasteiger partial charge in [-0.15, -0.1) is 0 Å². The molecule has 4 nitrogen and oxygen atoms in total. The van der Waals surface area contributed by atoms with E-state index in [-0.39, 0.29) is 4.47 Å². The molecule has 0 fully saturated rings. The molecule has 0 spiro atoms. The van der Waals surface area contributed by atoms with Gasteiger partial charge in [0.2, 0.25) is 5.82 Å². The van der Waals surface area contributed by atoms with Crippen LogP contribution in [0.1, 0.15) is 0 Å². The number of phenolic OH excluding ortho intramolecular Hbond substituents is 1. The minimum atomic E-state index is -1.07. The number of phenols is 1. The zero-order valence-corrected chi connectivity index (χ0v) is 7.21. The highest BCUT2D eigenvalue weighted by Crippen LogP contribution is 2.32. The highest BCUT2D eigenvalue weighted by atomic mass is 79.9. The second kappa shape index (κ2) is 3.06. The first-order chi connectivity index (χ1) is 5.54. The molecule has 0 saturated carbocycles. The van der Waals surface area contributed by atoms with E-state index in [2.05, 4.69) is 15.9 Å². The molecule has 0 aromatic heterocycles. The van der Waals surface area contributed by atoms with Gasteiger partial charge >= 0.3 is 5.69 Å².